The molecule has 2 rings (SSSR count). The number of hydrogen-bond acceptors (Lipinski definition) is 5. The standard InChI is InChI=1S/C20H27N3O5S/c1-6-28-20(25)18-14(4)23-15(5)19(18)29(26,27)22-11-17(24)21-10-16-9-12(2)7-8-13(16)3/h7-9,22-23H,6,10-11H2,1-5H3,(H,21,24). The van der Waals surface area contributed by atoms with Crippen molar-refractivity contribution in [3.05, 3.63) is 51.8 Å². The first-order valence-electron chi connectivity index (χ1n) is 9.25. The molecule has 8 nitrogen and oxygen atoms in total. The van der Waals surface area contributed by atoms with Crippen molar-refractivity contribution in [2.24, 2.45) is 0 Å². The SMILES string of the molecule is CCOC(=O)c1c(C)[nH]c(C)c1S(=O)(=O)NCC(=O)NCc1cc(C)ccc1C. The van der Waals surface area contributed by atoms with Crippen molar-refractivity contribution in [2.45, 2.75) is 46.1 Å². The monoisotopic (exact) mass is 421 g/mol. The van der Waals surface area contributed by atoms with Gasteiger partial charge in [0.05, 0.1) is 13.2 Å². The summed E-state index contributed by atoms with van der Waals surface area (Å²) in [7, 11) is -4.10. The molecule has 0 saturated carbocycles. The van der Waals surface area contributed by atoms with Gasteiger partial charge in [0, 0.05) is 17.9 Å². The molecule has 2 aromatic rings. The van der Waals surface area contributed by atoms with Crippen molar-refractivity contribution >= 4 is 21.9 Å². The van der Waals surface area contributed by atoms with Crippen LogP contribution in [0.2, 0.25) is 0 Å². The normalized spacial score (nSPS) is 11.3. The summed E-state index contributed by atoms with van der Waals surface area (Å²) < 4.78 is 32.7. The zero-order chi connectivity index (χ0) is 21.8. The van der Waals surface area contributed by atoms with Crippen LogP contribution in [0.5, 0.6) is 0 Å². The van der Waals surface area contributed by atoms with Gasteiger partial charge in [-0.25, -0.2) is 17.9 Å². The average molecular weight is 422 g/mol. The van der Waals surface area contributed by atoms with Gasteiger partial charge in [-0.1, -0.05) is 23.8 Å². The molecule has 0 fully saturated rings. The Balaban J connectivity index is 2.09. The Bertz CT molecular complexity index is 1020. The smallest absolute Gasteiger partial charge is 0.341 e. The maximum Gasteiger partial charge on any atom is 0.341 e. The predicted octanol–water partition coefficient (Wildman–Crippen LogP) is 2.02. The van der Waals surface area contributed by atoms with Crippen LogP contribution < -0.4 is 10.0 Å². The van der Waals surface area contributed by atoms with Crippen molar-refractivity contribution in [1.82, 2.24) is 15.0 Å². The van der Waals surface area contributed by atoms with Crippen molar-refractivity contribution in [1.29, 1.82) is 0 Å². The van der Waals surface area contributed by atoms with Crippen molar-refractivity contribution < 1.29 is 22.7 Å². The molecule has 1 aromatic heterocycles. The first-order valence-corrected chi connectivity index (χ1v) is 10.7. The third-order valence-corrected chi connectivity index (χ3v) is 6.04. The van der Waals surface area contributed by atoms with Gasteiger partial charge in [0.2, 0.25) is 15.9 Å². The fraction of sp³-hybridized carbons (Fsp3) is 0.400. The maximum atomic E-state index is 12.8. The minimum atomic E-state index is -4.10. The van der Waals surface area contributed by atoms with E-state index in [1.807, 2.05) is 32.0 Å². The summed E-state index contributed by atoms with van der Waals surface area (Å²) in [4.78, 5) is 27.0. The summed E-state index contributed by atoms with van der Waals surface area (Å²) in [5, 5.41) is 2.70. The predicted molar refractivity (Wildman–Crippen MR) is 109 cm³/mol. The number of carbonyl (C=O) groups is 2. The van der Waals surface area contributed by atoms with Crippen LogP contribution in [0.25, 0.3) is 0 Å². The number of esters is 1. The van der Waals surface area contributed by atoms with Gasteiger partial charge >= 0.3 is 5.97 Å². The van der Waals surface area contributed by atoms with E-state index in [0.29, 0.717) is 17.9 Å². The number of ether oxygens (including phenoxy) is 1. The highest BCUT2D eigenvalue weighted by Crippen LogP contribution is 2.24. The third-order valence-electron chi connectivity index (χ3n) is 4.47. The second-order valence-electron chi connectivity index (χ2n) is 6.83. The molecular formula is C20H27N3O5S. The van der Waals surface area contributed by atoms with Crippen LogP contribution in [0.4, 0.5) is 0 Å². The number of amides is 1. The average Bonchev–Trinajstić information content (AvgIpc) is 2.96. The first kappa shape index (κ1) is 22.6. The molecule has 0 radical (unpaired) electrons. The number of nitrogens with one attached hydrogen (secondary N) is 3. The number of benzene rings is 1. The van der Waals surface area contributed by atoms with E-state index in [-0.39, 0.29) is 17.1 Å². The van der Waals surface area contributed by atoms with Crippen LogP contribution in [0, 0.1) is 27.7 Å². The topological polar surface area (TPSA) is 117 Å². The number of aromatic nitrogens is 1. The lowest BCUT2D eigenvalue weighted by Gasteiger charge is -2.11. The molecule has 1 aromatic carbocycles. The van der Waals surface area contributed by atoms with Crippen molar-refractivity contribution in [3.63, 3.8) is 0 Å². The largest absolute Gasteiger partial charge is 0.462 e. The van der Waals surface area contributed by atoms with Gasteiger partial charge in [0.1, 0.15) is 10.5 Å². The summed E-state index contributed by atoms with van der Waals surface area (Å²) >= 11 is 0. The van der Waals surface area contributed by atoms with Gasteiger partial charge in [-0.15, -0.1) is 0 Å². The third kappa shape index (κ3) is 5.45. The summed E-state index contributed by atoms with van der Waals surface area (Å²) in [5.41, 5.74) is 3.71. The molecule has 0 unspecified atom stereocenters. The Morgan fingerprint density at radius 1 is 1.10 bits per heavy atom. The van der Waals surface area contributed by atoms with Gasteiger partial charge in [0.25, 0.3) is 0 Å². The highest BCUT2D eigenvalue weighted by atomic mass is 32.2. The Morgan fingerprint density at radius 3 is 2.45 bits per heavy atom. The summed E-state index contributed by atoms with van der Waals surface area (Å²) in [6, 6.07) is 5.92. The lowest BCUT2D eigenvalue weighted by molar-refractivity contribution is -0.120. The molecule has 0 bridgehead atoms. The molecule has 9 heteroatoms. The second-order valence-corrected chi connectivity index (χ2v) is 8.53. The molecule has 1 amide bonds. The number of aryl methyl sites for hydroxylation is 4. The van der Waals surface area contributed by atoms with E-state index in [4.69, 9.17) is 4.74 Å². The minimum absolute atomic E-state index is 0.0485. The molecule has 0 spiro atoms. The molecule has 0 saturated heterocycles. The van der Waals surface area contributed by atoms with Crippen LogP contribution in [-0.2, 0) is 26.1 Å². The lowest BCUT2D eigenvalue weighted by atomic mass is 10.1. The Morgan fingerprint density at radius 2 is 1.79 bits per heavy atom. The van der Waals surface area contributed by atoms with Crippen LogP contribution in [0.15, 0.2) is 23.1 Å². The summed E-state index contributed by atoms with van der Waals surface area (Å²) in [5.74, 6) is -1.20. The second kappa shape index (κ2) is 9.23. The Kier molecular flexibility index (Phi) is 7.21. The van der Waals surface area contributed by atoms with Gasteiger partial charge in [-0.3, -0.25) is 4.79 Å². The quantitative estimate of drug-likeness (QED) is 0.564. The highest BCUT2D eigenvalue weighted by molar-refractivity contribution is 7.89. The zero-order valence-electron chi connectivity index (χ0n) is 17.3. The first-order chi connectivity index (χ1) is 13.6. The van der Waals surface area contributed by atoms with Crippen LogP contribution in [0.1, 0.15) is 45.4 Å². The Labute approximate surface area is 171 Å². The molecule has 1 heterocycles. The molecule has 158 valence electrons. The summed E-state index contributed by atoms with van der Waals surface area (Å²) in [6.45, 7) is 8.65. The van der Waals surface area contributed by atoms with E-state index in [0.717, 1.165) is 16.7 Å². The fourth-order valence-electron chi connectivity index (χ4n) is 3.02. The number of carbonyl (C=O) groups excluding carboxylic acids is 2. The Hall–Kier alpha value is -2.65. The zero-order valence-corrected chi connectivity index (χ0v) is 18.1. The van der Waals surface area contributed by atoms with Crippen LogP contribution in [0.3, 0.4) is 0 Å². The molecule has 0 aliphatic heterocycles. The number of aromatic amines is 1. The fourth-order valence-corrected chi connectivity index (χ4v) is 4.45. The number of rotatable bonds is 8. The van der Waals surface area contributed by atoms with Gasteiger partial charge < -0.3 is 15.0 Å². The number of sulfonamides is 1. The van der Waals surface area contributed by atoms with E-state index < -0.39 is 28.4 Å². The number of hydrogen-bond donors (Lipinski definition) is 3. The molecule has 0 aliphatic rings. The number of H-pyrrole nitrogens is 1. The highest BCUT2D eigenvalue weighted by Gasteiger charge is 2.30. The van der Waals surface area contributed by atoms with E-state index in [9.17, 15) is 18.0 Å². The maximum absolute atomic E-state index is 12.8. The van der Waals surface area contributed by atoms with Gasteiger partial charge in [-0.2, -0.15) is 0 Å². The molecule has 3 N–H and O–H groups in total. The van der Waals surface area contributed by atoms with E-state index in [1.54, 1.807) is 20.8 Å². The van der Waals surface area contributed by atoms with Crippen LogP contribution >= 0.6 is 0 Å². The lowest BCUT2D eigenvalue weighted by Crippen LogP contribution is -2.37. The van der Waals surface area contributed by atoms with Gasteiger partial charge in [-0.05, 0) is 45.7 Å². The minimum Gasteiger partial charge on any atom is -0.462 e. The molecule has 29 heavy (non-hydrogen) atoms. The van der Waals surface area contributed by atoms with E-state index >= 15 is 0 Å². The summed E-state index contributed by atoms with van der Waals surface area (Å²) in [6.07, 6.45) is 0. The van der Waals surface area contributed by atoms with Crippen molar-refractivity contribution in [2.75, 3.05) is 13.2 Å². The molecule has 0 aliphatic carbocycles. The van der Waals surface area contributed by atoms with Crippen LogP contribution in [-0.4, -0.2) is 38.4 Å². The van der Waals surface area contributed by atoms with E-state index in [1.165, 1.54) is 0 Å². The molecule has 0 atom stereocenters. The van der Waals surface area contributed by atoms with Gasteiger partial charge in [0.15, 0.2) is 0 Å². The van der Waals surface area contributed by atoms with E-state index in [2.05, 4.69) is 15.0 Å². The van der Waals surface area contributed by atoms with Crippen molar-refractivity contribution in [3.8, 4) is 0 Å². The molecular weight excluding hydrogens is 394 g/mol.